The van der Waals surface area contributed by atoms with Crippen LogP contribution in [0.2, 0.25) is 19.6 Å². The lowest BCUT2D eigenvalue weighted by Crippen LogP contribution is -2.39. The normalized spacial score (nSPS) is 24.1. The third-order valence-electron chi connectivity index (χ3n) is 1.75. The first kappa shape index (κ1) is 9.73. The summed E-state index contributed by atoms with van der Waals surface area (Å²) >= 11 is 0. The van der Waals surface area contributed by atoms with E-state index in [1.54, 1.807) is 0 Å². The molecule has 4 heteroatoms. The molecule has 0 radical (unpaired) electrons. The first-order chi connectivity index (χ1) is 5.49. The lowest BCUT2D eigenvalue weighted by molar-refractivity contribution is -0.137. The summed E-state index contributed by atoms with van der Waals surface area (Å²) < 4.78 is 5.36. The van der Waals surface area contributed by atoms with Crippen molar-refractivity contribution in [3.63, 3.8) is 0 Å². The van der Waals surface area contributed by atoms with Gasteiger partial charge in [-0.25, -0.2) is 0 Å². The summed E-state index contributed by atoms with van der Waals surface area (Å²) in [7, 11) is -1.68. The quantitative estimate of drug-likeness (QED) is 0.658. The van der Waals surface area contributed by atoms with Gasteiger partial charge >= 0.3 is 5.97 Å². The summed E-state index contributed by atoms with van der Waals surface area (Å²) in [4.78, 5) is 11.4. The second kappa shape index (κ2) is 3.58. The van der Waals surface area contributed by atoms with Gasteiger partial charge in [0.05, 0.1) is 0 Å². The molecule has 70 valence electrons. The van der Waals surface area contributed by atoms with E-state index in [9.17, 15) is 4.79 Å². The van der Waals surface area contributed by atoms with Gasteiger partial charge in [-0.1, -0.05) is 0 Å². The van der Waals surface area contributed by atoms with E-state index in [0.29, 0.717) is 0 Å². The average molecular weight is 187 g/mol. The smallest absolute Gasteiger partial charge is 0.309 e. The van der Waals surface area contributed by atoms with Crippen LogP contribution in [0, 0.1) is 0 Å². The minimum absolute atomic E-state index is 0.0308. The second-order valence-electron chi connectivity index (χ2n) is 4.18. The van der Waals surface area contributed by atoms with Crippen molar-refractivity contribution >= 4 is 14.3 Å². The lowest BCUT2D eigenvalue weighted by Gasteiger charge is -2.20. The summed E-state index contributed by atoms with van der Waals surface area (Å²) in [6, 6.07) is -0.0308. The fourth-order valence-electron chi connectivity index (χ4n) is 1.26. The molecule has 1 saturated heterocycles. The van der Waals surface area contributed by atoms with Crippen molar-refractivity contribution in [3.05, 3.63) is 0 Å². The third kappa shape index (κ3) is 2.95. The molecule has 0 spiro atoms. The van der Waals surface area contributed by atoms with E-state index in [1.165, 1.54) is 0 Å². The first-order valence-corrected chi connectivity index (χ1v) is 7.86. The molecule has 1 atom stereocenters. The van der Waals surface area contributed by atoms with E-state index in [2.05, 4.69) is 5.32 Å². The van der Waals surface area contributed by atoms with E-state index in [0.717, 1.165) is 19.4 Å². The van der Waals surface area contributed by atoms with Crippen LogP contribution in [0.5, 0.6) is 0 Å². The van der Waals surface area contributed by atoms with E-state index in [1.807, 2.05) is 19.6 Å². The van der Waals surface area contributed by atoms with Gasteiger partial charge in [0.25, 0.3) is 0 Å². The zero-order valence-corrected chi connectivity index (χ0v) is 9.02. The zero-order chi connectivity index (χ0) is 9.19. The first-order valence-electron chi connectivity index (χ1n) is 4.45. The Morgan fingerprint density at radius 1 is 1.50 bits per heavy atom. The molecule has 0 saturated carbocycles. The van der Waals surface area contributed by atoms with Crippen molar-refractivity contribution < 1.29 is 9.22 Å². The Morgan fingerprint density at radius 3 is 2.58 bits per heavy atom. The number of carbonyl (C=O) groups is 1. The number of nitrogens with one attached hydrogen (secondary N) is 1. The van der Waals surface area contributed by atoms with Crippen LogP contribution in [-0.4, -0.2) is 26.9 Å². The van der Waals surface area contributed by atoms with Crippen molar-refractivity contribution in [1.29, 1.82) is 0 Å². The summed E-state index contributed by atoms with van der Waals surface area (Å²) in [6.07, 6.45) is 2.02. The molecule has 1 unspecified atom stereocenters. The van der Waals surface area contributed by atoms with Gasteiger partial charge in [0.15, 0.2) is 0 Å². The standard InChI is InChI=1S/C8H17NO2Si/c1-12(2,3)11-8(10)7-5-4-6-9-7/h7,9H,4-6H2,1-3H3. The Bertz CT molecular complexity index is 170. The van der Waals surface area contributed by atoms with E-state index in [4.69, 9.17) is 4.43 Å². The van der Waals surface area contributed by atoms with Crippen molar-refractivity contribution in [2.45, 2.75) is 38.5 Å². The maximum absolute atomic E-state index is 11.4. The van der Waals surface area contributed by atoms with Crippen LogP contribution < -0.4 is 5.32 Å². The average Bonchev–Trinajstić information content (AvgIpc) is 2.32. The Balaban J connectivity index is 2.37. The molecule has 0 aromatic rings. The Kier molecular flexibility index (Phi) is 2.90. The summed E-state index contributed by atoms with van der Waals surface area (Å²) in [6.45, 7) is 7.03. The molecule has 0 bridgehead atoms. The monoisotopic (exact) mass is 187 g/mol. The maximum Gasteiger partial charge on any atom is 0.309 e. The fourth-order valence-corrected chi connectivity index (χ4v) is 2.00. The Morgan fingerprint density at radius 2 is 2.17 bits per heavy atom. The van der Waals surface area contributed by atoms with Gasteiger partial charge in [-0.05, 0) is 39.0 Å². The minimum atomic E-state index is -1.68. The van der Waals surface area contributed by atoms with Crippen LogP contribution in [0.4, 0.5) is 0 Å². The Hall–Kier alpha value is -0.353. The van der Waals surface area contributed by atoms with Gasteiger partial charge < -0.3 is 9.74 Å². The summed E-state index contributed by atoms with van der Waals surface area (Å²) in [5.41, 5.74) is 0. The van der Waals surface area contributed by atoms with Crippen LogP contribution in [0.15, 0.2) is 0 Å². The highest BCUT2D eigenvalue weighted by Gasteiger charge is 2.28. The lowest BCUT2D eigenvalue weighted by atomic mass is 10.2. The molecule has 0 aromatic carbocycles. The number of hydrogen-bond acceptors (Lipinski definition) is 3. The summed E-state index contributed by atoms with van der Waals surface area (Å²) in [5.74, 6) is -0.0494. The molecule has 3 nitrogen and oxygen atoms in total. The van der Waals surface area contributed by atoms with Crippen molar-refractivity contribution in [3.8, 4) is 0 Å². The molecule has 1 rings (SSSR count). The van der Waals surface area contributed by atoms with Crippen LogP contribution in [0.25, 0.3) is 0 Å². The highest BCUT2D eigenvalue weighted by Crippen LogP contribution is 2.10. The van der Waals surface area contributed by atoms with Crippen LogP contribution in [0.1, 0.15) is 12.8 Å². The molecular weight excluding hydrogens is 170 g/mol. The molecular formula is C8H17NO2Si. The number of carbonyl (C=O) groups excluding carboxylic acids is 1. The van der Waals surface area contributed by atoms with Gasteiger partial charge in [-0.2, -0.15) is 0 Å². The van der Waals surface area contributed by atoms with Crippen LogP contribution in [-0.2, 0) is 9.22 Å². The highest BCUT2D eigenvalue weighted by atomic mass is 28.4. The van der Waals surface area contributed by atoms with E-state index < -0.39 is 8.32 Å². The number of rotatable bonds is 2. The highest BCUT2D eigenvalue weighted by molar-refractivity contribution is 6.71. The van der Waals surface area contributed by atoms with Gasteiger partial charge in [-0.15, -0.1) is 0 Å². The SMILES string of the molecule is C[Si](C)(C)OC(=O)C1CCCN1. The molecule has 12 heavy (non-hydrogen) atoms. The maximum atomic E-state index is 11.4. The van der Waals surface area contributed by atoms with Crippen LogP contribution in [0.3, 0.4) is 0 Å². The topological polar surface area (TPSA) is 38.3 Å². The molecule has 0 amide bonds. The third-order valence-corrected chi connectivity index (χ3v) is 2.57. The van der Waals surface area contributed by atoms with Gasteiger partial charge in [-0.3, -0.25) is 4.79 Å². The second-order valence-corrected chi connectivity index (χ2v) is 8.61. The van der Waals surface area contributed by atoms with Crippen molar-refractivity contribution in [2.75, 3.05) is 6.54 Å². The molecule has 1 aliphatic heterocycles. The Labute approximate surface area is 74.6 Å². The fraction of sp³-hybridized carbons (Fsp3) is 0.875. The summed E-state index contributed by atoms with van der Waals surface area (Å²) in [5, 5.41) is 3.13. The predicted octanol–water partition coefficient (Wildman–Crippen LogP) is 1.12. The van der Waals surface area contributed by atoms with E-state index >= 15 is 0 Å². The molecule has 0 aliphatic carbocycles. The van der Waals surface area contributed by atoms with Gasteiger partial charge in [0.1, 0.15) is 6.04 Å². The molecule has 0 aromatic heterocycles. The van der Waals surface area contributed by atoms with Crippen LogP contribution >= 0.6 is 0 Å². The minimum Gasteiger partial charge on any atom is -0.519 e. The van der Waals surface area contributed by atoms with Gasteiger partial charge in [0.2, 0.25) is 8.32 Å². The largest absolute Gasteiger partial charge is 0.519 e. The number of hydrogen-bond donors (Lipinski definition) is 1. The molecule has 1 heterocycles. The predicted molar refractivity (Wildman–Crippen MR) is 50.5 cm³/mol. The molecule has 1 fully saturated rings. The van der Waals surface area contributed by atoms with E-state index in [-0.39, 0.29) is 12.0 Å². The van der Waals surface area contributed by atoms with Crippen molar-refractivity contribution in [1.82, 2.24) is 5.32 Å². The van der Waals surface area contributed by atoms with Crippen molar-refractivity contribution in [2.24, 2.45) is 0 Å². The zero-order valence-electron chi connectivity index (χ0n) is 8.02. The van der Waals surface area contributed by atoms with Gasteiger partial charge in [0, 0.05) is 0 Å². The molecule has 1 aliphatic rings. The molecule has 1 N–H and O–H groups in total.